The molecule has 0 aromatic heterocycles. The summed E-state index contributed by atoms with van der Waals surface area (Å²) in [7, 11) is -4.87. The molecule has 0 aliphatic carbocycles. The Kier molecular flexibility index (Phi) is 2.81. The second kappa shape index (κ2) is 3.62. The van der Waals surface area contributed by atoms with Gasteiger partial charge in [-0.3, -0.25) is 0 Å². The van der Waals surface area contributed by atoms with Crippen molar-refractivity contribution in [3.8, 4) is 0 Å². The normalized spacial score (nSPS) is 11.4. The first-order chi connectivity index (χ1) is 6.73. The molecule has 0 heterocycles. The molecule has 1 rings (SSSR count). The third-order valence-electron chi connectivity index (χ3n) is 2.02. The Morgan fingerprint density at radius 1 is 1.27 bits per heavy atom. The highest BCUT2D eigenvalue weighted by atomic mass is 32.3. The molecule has 0 aliphatic heterocycles. The molecule has 0 saturated carbocycles. The van der Waals surface area contributed by atoms with Gasteiger partial charge in [-0.25, -0.2) is 4.79 Å². The van der Waals surface area contributed by atoms with Gasteiger partial charge < -0.3 is 5.11 Å². The number of hydrogen-bond acceptors (Lipinski definition) is 3. The maximum atomic E-state index is 12.7. The van der Waals surface area contributed by atoms with Crippen LogP contribution in [0.3, 0.4) is 0 Å². The maximum absolute atomic E-state index is 12.7. The van der Waals surface area contributed by atoms with Crippen molar-refractivity contribution < 1.29 is 22.2 Å². The number of benzene rings is 1. The summed E-state index contributed by atoms with van der Waals surface area (Å²) in [6.07, 6.45) is 0. The Hall–Kier alpha value is -1.43. The summed E-state index contributed by atoms with van der Waals surface area (Å²) in [5, 5.41) is 8.73. The number of carboxylic acids is 1. The zero-order chi connectivity index (χ0) is 11.8. The quantitative estimate of drug-likeness (QED) is 0.787. The molecule has 0 radical (unpaired) electrons. The van der Waals surface area contributed by atoms with Crippen molar-refractivity contribution in [2.45, 2.75) is 18.7 Å². The first-order valence-electron chi connectivity index (χ1n) is 4.02. The lowest BCUT2D eigenvalue weighted by Crippen LogP contribution is -2.04. The van der Waals surface area contributed by atoms with Crippen LogP contribution in [-0.4, -0.2) is 19.5 Å². The van der Waals surface area contributed by atoms with E-state index < -0.39 is 21.1 Å². The van der Waals surface area contributed by atoms with Gasteiger partial charge in [0.15, 0.2) is 0 Å². The molecule has 0 bridgehead atoms. The molecular weight excluding hydrogens is 223 g/mol. The second-order valence-electron chi connectivity index (χ2n) is 3.18. The van der Waals surface area contributed by atoms with E-state index in [9.17, 15) is 17.1 Å². The minimum absolute atomic E-state index is 0.194. The summed E-state index contributed by atoms with van der Waals surface area (Å²) in [5.41, 5.74) is 0.379. The molecule has 15 heavy (non-hydrogen) atoms. The van der Waals surface area contributed by atoms with Crippen LogP contribution in [-0.2, 0) is 10.2 Å². The van der Waals surface area contributed by atoms with E-state index in [-0.39, 0.29) is 11.1 Å². The summed E-state index contributed by atoms with van der Waals surface area (Å²) in [4.78, 5) is 10.1. The average molecular weight is 232 g/mol. The lowest BCUT2D eigenvalue weighted by Gasteiger charge is -2.06. The summed E-state index contributed by atoms with van der Waals surface area (Å²) >= 11 is 0. The number of halogens is 1. The van der Waals surface area contributed by atoms with Gasteiger partial charge in [-0.05, 0) is 31.0 Å². The molecule has 4 nitrogen and oxygen atoms in total. The maximum Gasteiger partial charge on any atom is 0.335 e. The highest BCUT2D eigenvalue weighted by Gasteiger charge is 2.19. The van der Waals surface area contributed by atoms with Gasteiger partial charge in [0.05, 0.1) is 5.56 Å². The minimum atomic E-state index is -4.87. The Bertz CT molecular complexity index is 519. The van der Waals surface area contributed by atoms with Crippen molar-refractivity contribution in [3.63, 3.8) is 0 Å². The molecular formula is C9H9FO4S. The fourth-order valence-electron chi connectivity index (χ4n) is 1.33. The van der Waals surface area contributed by atoms with Gasteiger partial charge in [0, 0.05) is 0 Å². The number of carboxylic acid groups (broad SMARTS) is 1. The molecule has 0 amide bonds. The van der Waals surface area contributed by atoms with Gasteiger partial charge in [0.1, 0.15) is 4.90 Å². The fourth-order valence-corrected chi connectivity index (χ4v) is 2.03. The molecule has 82 valence electrons. The fraction of sp³-hybridized carbons (Fsp3) is 0.222. The number of hydrogen-bond donors (Lipinski definition) is 1. The number of rotatable bonds is 2. The number of aryl methyl sites for hydroxylation is 2. The van der Waals surface area contributed by atoms with Crippen molar-refractivity contribution in [1.82, 2.24) is 0 Å². The summed E-state index contributed by atoms with van der Waals surface area (Å²) in [6.45, 7) is 2.93. The molecule has 6 heteroatoms. The van der Waals surface area contributed by atoms with Crippen molar-refractivity contribution in [1.29, 1.82) is 0 Å². The van der Waals surface area contributed by atoms with Crippen molar-refractivity contribution in [3.05, 3.63) is 28.8 Å². The van der Waals surface area contributed by atoms with E-state index in [0.717, 1.165) is 6.07 Å². The van der Waals surface area contributed by atoms with E-state index in [2.05, 4.69) is 0 Å². The van der Waals surface area contributed by atoms with Crippen LogP contribution in [0.25, 0.3) is 0 Å². The largest absolute Gasteiger partial charge is 0.478 e. The van der Waals surface area contributed by atoms with Gasteiger partial charge in [0.25, 0.3) is 0 Å². The van der Waals surface area contributed by atoms with Gasteiger partial charge in [0.2, 0.25) is 0 Å². The third kappa shape index (κ3) is 2.33. The molecule has 0 atom stereocenters. The molecule has 1 aromatic carbocycles. The van der Waals surface area contributed by atoms with Gasteiger partial charge >= 0.3 is 16.2 Å². The molecule has 0 aliphatic rings. The lowest BCUT2D eigenvalue weighted by atomic mass is 10.1. The van der Waals surface area contributed by atoms with E-state index in [1.807, 2.05) is 0 Å². The summed E-state index contributed by atoms with van der Waals surface area (Å²) in [5.74, 6) is -1.28. The predicted molar refractivity (Wildman–Crippen MR) is 51.2 cm³/mol. The molecule has 0 fully saturated rings. The third-order valence-corrected chi connectivity index (χ3v) is 2.98. The van der Waals surface area contributed by atoms with Crippen LogP contribution in [0.15, 0.2) is 17.0 Å². The van der Waals surface area contributed by atoms with E-state index >= 15 is 0 Å². The molecule has 1 N–H and O–H groups in total. The summed E-state index contributed by atoms with van der Waals surface area (Å²) in [6, 6.07) is 2.16. The smallest absolute Gasteiger partial charge is 0.335 e. The highest BCUT2D eigenvalue weighted by Crippen LogP contribution is 2.22. The van der Waals surface area contributed by atoms with E-state index in [4.69, 9.17) is 5.11 Å². The van der Waals surface area contributed by atoms with E-state index in [0.29, 0.717) is 5.56 Å². The molecule has 0 saturated heterocycles. The Morgan fingerprint density at radius 3 is 2.20 bits per heavy atom. The second-order valence-corrected chi connectivity index (χ2v) is 4.49. The molecule has 0 unspecified atom stereocenters. The Labute approximate surface area is 86.6 Å². The van der Waals surface area contributed by atoms with Crippen molar-refractivity contribution >= 4 is 16.2 Å². The van der Waals surface area contributed by atoms with Crippen LogP contribution in [0.2, 0.25) is 0 Å². The first-order valence-corrected chi connectivity index (χ1v) is 5.41. The van der Waals surface area contributed by atoms with Gasteiger partial charge in [-0.15, -0.1) is 3.89 Å². The highest BCUT2D eigenvalue weighted by molar-refractivity contribution is 7.86. The first kappa shape index (κ1) is 11.6. The van der Waals surface area contributed by atoms with Gasteiger partial charge in [-0.1, -0.05) is 6.07 Å². The predicted octanol–water partition coefficient (Wildman–Crippen LogP) is 1.66. The van der Waals surface area contributed by atoms with Crippen LogP contribution in [0, 0.1) is 13.8 Å². The van der Waals surface area contributed by atoms with Crippen LogP contribution < -0.4 is 0 Å². The van der Waals surface area contributed by atoms with Crippen molar-refractivity contribution in [2.75, 3.05) is 0 Å². The Balaban J connectivity index is 3.58. The summed E-state index contributed by atoms with van der Waals surface area (Å²) < 4.78 is 34.1. The number of carbonyl (C=O) groups is 1. The van der Waals surface area contributed by atoms with E-state index in [1.54, 1.807) is 0 Å². The Morgan fingerprint density at radius 2 is 1.80 bits per heavy atom. The SMILES string of the molecule is Cc1cc(C)c(S(=O)(=O)F)cc1C(=O)O. The zero-order valence-corrected chi connectivity index (χ0v) is 8.93. The van der Waals surface area contributed by atoms with Crippen LogP contribution in [0.1, 0.15) is 21.5 Å². The average Bonchev–Trinajstić information content (AvgIpc) is 2.00. The zero-order valence-electron chi connectivity index (χ0n) is 8.11. The standard InChI is InChI=1S/C9H9FO4S/c1-5-3-6(2)8(15(10,13)14)4-7(5)9(11)12/h3-4H,1-2H3,(H,11,12). The monoisotopic (exact) mass is 232 g/mol. The van der Waals surface area contributed by atoms with Crippen molar-refractivity contribution in [2.24, 2.45) is 0 Å². The van der Waals surface area contributed by atoms with Crippen LogP contribution >= 0.6 is 0 Å². The minimum Gasteiger partial charge on any atom is -0.478 e. The van der Waals surface area contributed by atoms with Crippen LogP contribution in [0.4, 0.5) is 3.89 Å². The van der Waals surface area contributed by atoms with Crippen LogP contribution in [0.5, 0.6) is 0 Å². The molecule has 0 spiro atoms. The van der Waals surface area contributed by atoms with E-state index in [1.165, 1.54) is 19.9 Å². The molecule has 1 aromatic rings. The topological polar surface area (TPSA) is 71.4 Å². The van der Waals surface area contributed by atoms with Gasteiger partial charge in [-0.2, -0.15) is 8.42 Å². The number of aromatic carboxylic acids is 1. The lowest BCUT2D eigenvalue weighted by molar-refractivity contribution is 0.0696.